The maximum Gasteiger partial charge on any atom is 0.226 e. The first-order valence-electron chi connectivity index (χ1n) is 10.3. The Balaban J connectivity index is 1.73. The normalized spacial score (nSPS) is 16.8. The van der Waals surface area contributed by atoms with Crippen LogP contribution in [0.1, 0.15) is 56.3 Å². The van der Waals surface area contributed by atoms with Crippen molar-refractivity contribution in [1.29, 1.82) is 0 Å². The molecule has 0 fully saturated rings. The number of hydrogen-bond acceptors (Lipinski definition) is 3. The molecule has 1 aliphatic rings. The first-order valence-corrected chi connectivity index (χ1v) is 11.2. The largest absolute Gasteiger partial charge is 0.335 e. The molecule has 2 unspecified atom stereocenters. The van der Waals surface area contributed by atoms with Crippen molar-refractivity contribution in [2.75, 3.05) is 11.9 Å². The maximum absolute atomic E-state index is 12.9. The van der Waals surface area contributed by atoms with Gasteiger partial charge in [0.05, 0.1) is 12.5 Å². The summed E-state index contributed by atoms with van der Waals surface area (Å²) in [6.07, 6.45) is 2.22. The van der Waals surface area contributed by atoms with Gasteiger partial charge in [0.15, 0.2) is 0 Å². The molecule has 1 aliphatic heterocycles. The number of carbonyl (C=O) groups is 2. The van der Waals surface area contributed by atoms with Crippen LogP contribution in [0.4, 0.5) is 5.69 Å². The summed E-state index contributed by atoms with van der Waals surface area (Å²) < 4.78 is 0. The number of hydrogen-bond donors (Lipinski definition) is 1. The minimum atomic E-state index is -0.210. The number of thioether (sulfide) groups is 1. The highest BCUT2D eigenvalue weighted by Gasteiger charge is 2.30. The van der Waals surface area contributed by atoms with Crippen molar-refractivity contribution in [2.45, 2.75) is 63.1 Å². The summed E-state index contributed by atoms with van der Waals surface area (Å²) in [5.74, 6) is -0.0525. The highest BCUT2D eigenvalue weighted by Crippen LogP contribution is 2.33. The molecule has 1 N–H and O–H groups in total. The zero-order valence-electron chi connectivity index (χ0n) is 17.7. The molecule has 2 aromatic carbocycles. The fraction of sp³-hybridized carbons (Fsp3) is 0.417. The van der Waals surface area contributed by atoms with E-state index in [-0.39, 0.29) is 24.3 Å². The molecule has 4 nitrogen and oxygen atoms in total. The molecular weight excluding hydrogens is 380 g/mol. The second-order valence-electron chi connectivity index (χ2n) is 7.74. The molecule has 5 heteroatoms. The summed E-state index contributed by atoms with van der Waals surface area (Å²) in [6.45, 7) is 8.67. The Bertz CT molecular complexity index is 896. The zero-order chi connectivity index (χ0) is 21.0. The van der Waals surface area contributed by atoms with Crippen LogP contribution < -0.4 is 5.32 Å². The SMILES string of the molecule is CCC(C)Sc1ccc(NC(=O)CC2c3ccccc3CCN2C(C)=O)c(C)c1. The quantitative estimate of drug-likeness (QED) is 0.652. The van der Waals surface area contributed by atoms with Crippen molar-refractivity contribution >= 4 is 29.3 Å². The fourth-order valence-corrected chi connectivity index (χ4v) is 4.81. The van der Waals surface area contributed by atoms with Gasteiger partial charge in [-0.3, -0.25) is 9.59 Å². The second kappa shape index (κ2) is 9.49. The number of anilines is 1. The van der Waals surface area contributed by atoms with Gasteiger partial charge >= 0.3 is 0 Å². The Morgan fingerprint density at radius 2 is 2.00 bits per heavy atom. The van der Waals surface area contributed by atoms with Crippen molar-refractivity contribution in [2.24, 2.45) is 0 Å². The van der Waals surface area contributed by atoms with Crippen molar-refractivity contribution < 1.29 is 9.59 Å². The minimum Gasteiger partial charge on any atom is -0.335 e. The van der Waals surface area contributed by atoms with E-state index in [9.17, 15) is 9.59 Å². The van der Waals surface area contributed by atoms with Crippen LogP contribution in [0, 0.1) is 6.92 Å². The molecule has 0 bridgehead atoms. The Labute approximate surface area is 178 Å². The maximum atomic E-state index is 12.9. The Morgan fingerprint density at radius 3 is 2.69 bits per heavy atom. The Morgan fingerprint density at radius 1 is 1.24 bits per heavy atom. The van der Waals surface area contributed by atoms with Gasteiger partial charge in [-0.25, -0.2) is 0 Å². The van der Waals surface area contributed by atoms with Crippen LogP contribution in [0.25, 0.3) is 0 Å². The highest BCUT2D eigenvalue weighted by atomic mass is 32.2. The Kier molecular flexibility index (Phi) is 7.01. The van der Waals surface area contributed by atoms with Gasteiger partial charge in [-0.2, -0.15) is 0 Å². The molecule has 0 radical (unpaired) electrons. The summed E-state index contributed by atoms with van der Waals surface area (Å²) in [7, 11) is 0. The first-order chi connectivity index (χ1) is 13.9. The number of aryl methyl sites for hydroxylation is 1. The van der Waals surface area contributed by atoms with Crippen LogP contribution in [0.2, 0.25) is 0 Å². The standard InChI is InChI=1S/C24H30N2O2S/c1-5-17(3)29-20-10-11-22(16(2)14-20)25-24(28)15-23-21-9-7-6-8-19(21)12-13-26(23)18(4)27/h6-11,14,17,23H,5,12-13,15H2,1-4H3,(H,25,28). The lowest BCUT2D eigenvalue weighted by Crippen LogP contribution is -2.40. The summed E-state index contributed by atoms with van der Waals surface area (Å²) in [4.78, 5) is 28.1. The molecule has 0 spiro atoms. The van der Waals surface area contributed by atoms with Gasteiger partial charge < -0.3 is 10.2 Å². The molecule has 154 valence electrons. The van der Waals surface area contributed by atoms with Crippen molar-refractivity contribution in [1.82, 2.24) is 4.90 Å². The second-order valence-corrected chi connectivity index (χ2v) is 9.25. The fourth-order valence-electron chi connectivity index (χ4n) is 3.79. The third kappa shape index (κ3) is 5.21. The van der Waals surface area contributed by atoms with E-state index in [1.54, 1.807) is 6.92 Å². The van der Waals surface area contributed by atoms with Gasteiger partial charge in [0, 0.05) is 29.3 Å². The topological polar surface area (TPSA) is 49.4 Å². The van der Waals surface area contributed by atoms with Crippen molar-refractivity contribution in [3.63, 3.8) is 0 Å². The zero-order valence-corrected chi connectivity index (χ0v) is 18.5. The van der Waals surface area contributed by atoms with E-state index in [0.29, 0.717) is 11.8 Å². The van der Waals surface area contributed by atoms with Crippen LogP contribution in [-0.4, -0.2) is 28.5 Å². The number of nitrogens with one attached hydrogen (secondary N) is 1. The number of carbonyl (C=O) groups excluding carboxylic acids is 2. The average Bonchev–Trinajstić information content (AvgIpc) is 2.70. The van der Waals surface area contributed by atoms with Gasteiger partial charge in [0.25, 0.3) is 0 Å². The first kappa shape index (κ1) is 21.4. The lowest BCUT2D eigenvalue weighted by molar-refractivity contribution is -0.132. The van der Waals surface area contributed by atoms with E-state index < -0.39 is 0 Å². The van der Waals surface area contributed by atoms with E-state index in [4.69, 9.17) is 0 Å². The monoisotopic (exact) mass is 410 g/mol. The average molecular weight is 411 g/mol. The summed E-state index contributed by atoms with van der Waals surface area (Å²) in [5.41, 5.74) is 4.20. The smallest absolute Gasteiger partial charge is 0.226 e. The van der Waals surface area contributed by atoms with Crippen LogP contribution >= 0.6 is 11.8 Å². The van der Waals surface area contributed by atoms with Gasteiger partial charge in [-0.15, -0.1) is 11.8 Å². The lowest BCUT2D eigenvalue weighted by Gasteiger charge is -2.36. The molecular formula is C24H30N2O2S. The van der Waals surface area contributed by atoms with Crippen molar-refractivity contribution in [3.8, 4) is 0 Å². The highest BCUT2D eigenvalue weighted by molar-refractivity contribution is 7.99. The minimum absolute atomic E-state index is 0.0138. The van der Waals surface area contributed by atoms with E-state index in [1.807, 2.05) is 47.9 Å². The van der Waals surface area contributed by atoms with E-state index in [0.717, 1.165) is 29.7 Å². The molecule has 29 heavy (non-hydrogen) atoms. The van der Waals surface area contributed by atoms with Crippen molar-refractivity contribution in [3.05, 3.63) is 59.2 Å². The van der Waals surface area contributed by atoms with Gasteiger partial charge in [-0.1, -0.05) is 38.1 Å². The molecule has 0 aliphatic carbocycles. The van der Waals surface area contributed by atoms with Gasteiger partial charge in [0.1, 0.15) is 0 Å². The molecule has 0 aromatic heterocycles. The number of fused-ring (bicyclic) bond motifs is 1. The van der Waals surface area contributed by atoms with E-state index >= 15 is 0 Å². The predicted molar refractivity (Wildman–Crippen MR) is 120 cm³/mol. The molecule has 3 rings (SSSR count). The Hall–Kier alpha value is -2.27. The van der Waals surface area contributed by atoms with E-state index in [1.165, 1.54) is 10.5 Å². The molecule has 0 saturated carbocycles. The number of benzene rings is 2. The summed E-state index contributed by atoms with van der Waals surface area (Å²) in [6, 6.07) is 14.1. The van der Waals surface area contributed by atoms with Crippen LogP contribution in [0.5, 0.6) is 0 Å². The molecule has 2 aromatic rings. The number of rotatable bonds is 6. The lowest BCUT2D eigenvalue weighted by atomic mass is 9.90. The predicted octanol–water partition coefficient (Wildman–Crippen LogP) is 5.36. The summed E-state index contributed by atoms with van der Waals surface area (Å²) in [5, 5.41) is 3.62. The molecule has 0 saturated heterocycles. The molecule has 1 heterocycles. The summed E-state index contributed by atoms with van der Waals surface area (Å²) >= 11 is 1.85. The number of amides is 2. The van der Waals surface area contributed by atoms with Gasteiger partial charge in [0.2, 0.25) is 11.8 Å². The third-order valence-electron chi connectivity index (χ3n) is 5.58. The molecule has 2 amide bonds. The third-order valence-corrected chi connectivity index (χ3v) is 6.84. The molecule has 2 atom stereocenters. The van der Waals surface area contributed by atoms with Gasteiger partial charge in [-0.05, 0) is 54.7 Å². The number of nitrogens with zero attached hydrogens (tertiary/aromatic N) is 1. The van der Waals surface area contributed by atoms with E-state index in [2.05, 4.69) is 37.4 Å². The van der Waals surface area contributed by atoms with Crippen LogP contribution in [0.3, 0.4) is 0 Å². The van der Waals surface area contributed by atoms with Crippen LogP contribution in [0.15, 0.2) is 47.4 Å². The van der Waals surface area contributed by atoms with Crippen LogP contribution in [-0.2, 0) is 16.0 Å².